The van der Waals surface area contributed by atoms with Gasteiger partial charge < -0.3 is 39.7 Å². The molecule has 0 aliphatic rings. The summed E-state index contributed by atoms with van der Waals surface area (Å²) in [5.74, 6) is -1.12. The van der Waals surface area contributed by atoms with Gasteiger partial charge in [0.1, 0.15) is 0 Å². The zero-order valence-corrected chi connectivity index (χ0v) is 18.5. The topological polar surface area (TPSA) is 165 Å². The van der Waals surface area contributed by atoms with E-state index in [-0.39, 0.29) is 86.9 Å². The van der Waals surface area contributed by atoms with E-state index in [2.05, 4.69) is 0 Å². The van der Waals surface area contributed by atoms with Crippen molar-refractivity contribution in [3.05, 3.63) is 19.3 Å². The average molecular weight is 474 g/mol. The maximum Gasteiger partial charge on any atom is 3.00 e. The first kappa shape index (κ1) is 38.5. The fourth-order valence-corrected chi connectivity index (χ4v) is 0.859. The van der Waals surface area contributed by atoms with Crippen molar-refractivity contribution in [3.8, 4) is 0 Å². The first-order valence-corrected chi connectivity index (χ1v) is 5.96. The van der Waals surface area contributed by atoms with Gasteiger partial charge in [-0.15, -0.1) is 0 Å². The third-order valence-electron chi connectivity index (χ3n) is 1.22. The van der Waals surface area contributed by atoms with Gasteiger partial charge in [0, 0.05) is 34.7 Å². The van der Waals surface area contributed by atoms with Crippen molar-refractivity contribution >= 4 is 34.7 Å². The van der Waals surface area contributed by atoms with Crippen LogP contribution in [-0.2, 0) is 28.8 Å². The molecule has 8 nitrogen and oxygen atoms in total. The number of Topliss-reactive ketones (excluding diaryl/α,β-unsaturated/α-hetero) is 6. The van der Waals surface area contributed by atoms with Gasteiger partial charge >= 0.3 is 41.3 Å². The molecule has 4 N–H and O–H groups in total. The summed E-state index contributed by atoms with van der Waals surface area (Å²) in [5, 5.41) is 0. The van der Waals surface area contributed by atoms with Crippen molar-refractivity contribution in [2.45, 2.75) is 41.5 Å². The van der Waals surface area contributed by atoms with Gasteiger partial charge in [0.05, 0.1) is 0 Å². The van der Waals surface area contributed by atoms with Crippen LogP contribution in [0, 0.1) is 60.6 Å². The Morgan fingerprint density at radius 1 is 0.417 bits per heavy atom. The maximum absolute atomic E-state index is 9.98. The summed E-state index contributed by atoms with van der Waals surface area (Å²) in [7, 11) is 0. The maximum atomic E-state index is 9.98. The minimum absolute atomic E-state index is 0. The van der Waals surface area contributed by atoms with Crippen LogP contribution in [0.4, 0.5) is 0 Å². The molecule has 0 aliphatic carbocycles. The molecule has 24 heavy (non-hydrogen) atoms. The van der Waals surface area contributed by atoms with Crippen molar-refractivity contribution < 1.29 is 81.0 Å². The molecule has 0 unspecified atom stereocenters. The normalized spacial score (nSPS) is 6.75. The van der Waals surface area contributed by atoms with Crippen molar-refractivity contribution in [1.29, 1.82) is 0 Å². The van der Waals surface area contributed by atoms with Crippen molar-refractivity contribution in [1.82, 2.24) is 0 Å². The fraction of sp³-hybridized carbons (Fsp3) is 0.400. The quantitative estimate of drug-likeness (QED) is 0.370. The fourth-order valence-electron chi connectivity index (χ4n) is 0.859. The Bertz CT molecular complexity index is 318. The van der Waals surface area contributed by atoms with E-state index in [0.29, 0.717) is 0 Å². The Labute approximate surface area is 175 Å². The molecule has 0 bridgehead atoms. The molecule has 0 aromatic heterocycles. The SMILES string of the molecule is CC(=O)[CH-]C(C)=O.CC(=O)[CH-]C(C)=O.CC(=O)[CH-]C(C)=O.O.O.[Pr+3]. The smallest absolute Gasteiger partial charge is 0.412 e. The molecule has 0 aromatic carbocycles. The molecule has 0 rings (SSSR count). The molecular weight excluding hydrogens is 449 g/mol. The summed E-state index contributed by atoms with van der Waals surface area (Å²) in [4.78, 5) is 59.9. The van der Waals surface area contributed by atoms with E-state index in [1.807, 2.05) is 0 Å². The monoisotopic (exact) mass is 474 g/mol. The van der Waals surface area contributed by atoms with E-state index >= 15 is 0 Å². The minimum atomic E-state index is -0.187. The molecule has 136 valence electrons. The Morgan fingerprint density at radius 3 is 0.500 bits per heavy atom. The second-order valence-electron chi connectivity index (χ2n) is 4.10. The van der Waals surface area contributed by atoms with Crippen LogP contribution in [0.3, 0.4) is 0 Å². The molecule has 0 atom stereocenters. The first-order chi connectivity index (χ1) is 9.38. The number of carbonyl (C=O) groups is 6. The van der Waals surface area contributed by atoms with Gasteiger partial charge in [-0.25, -0.2) is 0 Å². The van der Waals surface area contributed by atoms with Crippen molar-refractivity contribution in [2.75, 3.05) is 0 Å². The van der Waals surface area contributed by atoms with Gasteiger partial charge in [0.2, 0.25) is 0 Å². The largest absolute Gasteiger partial charge is 3.00 e. The summed E-state index contributed by atoms with van der Waals surface area (Å²) in [6.45, 7) is 8.09. The van der Waals surface area contributed by atoms with E-state index in [0.717, 1.165) is 19.3 Å². The minimum Gasteiger partial charge on any atom is -0.412 e. The average Bonchev–Trinajstić information content (AvgIpc) is 2.10. The second-order valence-corrected chi connectivity index (χ2v) is 4.10. The molecule has 0 amide bonds. The van der Waals surface area contributed by atoms with E-state index in [4.69, 9.17) is 0 Å². The molecule has 0 aromatic rings. The van der Waals surface area contributed by atoms with Gasteiger partial charge in [-0.3, -0.25) is 19.3 Å². The Balaban J connectivity index is -0.0000000476. The summed E-state index contributed by atoms with van der Waals surface area (Å²) in [6, 6.07) is 0. The summed E-state index contributed by atoms with van der Waals surface area (Å²) < 4.78 is 0. The molecule has 0 saturated heterocycles. The van der Waals surface area contributed by atoms with Crippen molar-refractivity contribution in [2.24, 2.45) is 0 Å². The van der Waals surface area contributed by atoms with Gasteiger partial charge in [0.15, 0.2) is 0 Å². The van der Waals surface area contributed by atoms with Gasteiger partial charge in [-0.2, -0.15) is 0 Å². The molecule has 0 aliphatic heterocycles. The number of hydrogen-bond acceptors (Lipinski definition) is 6. The van der Waals surface area contributed by atoms with Gasteiger partial charge in [0.25, 0.3) is 0 Å². The predicted molar refractivity (Wildman–Crippen MR) is 84.2 cm³/mol. The van der Waals surface area contributed by atoms with Crippen LogP contribution < -0.4 is 0 Å². The Kier molecular flexibility index (Phi) is 38.7. The van der Waals surface area contributed by atoms with E-state index in [1.165, 1.54) is 41.5 Å². The van der Waals surface area contributed by atoms with Gasteiger partial charge in [-0.1, -0.05) is 0 Å². The number of rotatable bonds is 6. The molecular formula is C15H25O8Pr. The van der Waals surface area contributed by atoms with Gasteiger partial charge in [-0.05, 0) is 41.5 Å². The summed E-state index contributed by atoms with van der Waals surface area (Å²) in [5.41, 5.74) is 0. The summed E-state index contributed by atoms with van der Waals surface area (Å²) >= 11 is 0. The van der Waals surface area contributed by atoms with E-state index in [9.17, 15) is 28.8 Å². The first-order valence-electron chi connectivity index (χ1n) is 5.96. The zero-order valence-electron chi connectivity index (χ0n) is 14.8. The third-order valence-corrected chi connectivity index (χ3v) is 1.22. The number of ketones is 6. The molecule has 0 fully saturated rings. The molecule has 0 saturated carbocycles. The standard InChI is InChI=1S/3C5H7O2.2H2O.Pr/c3*1-4(6)3-5(2)7;;;/h3*3H,1-2H3;2*1H2;/q3*-1;;;+3. The molecule has 0 radical (unpaired) electrons. The summed E-state index contributed by atoms with van der Waals surface area (Å²) in [6.07, 6.45) is 3.17. The molecule has 0 spiro atoms. The number of carbonyl (C=O) groups excluding carboxylic acids is 6. The predicted octanol–water partition coefficient (Wildman–Crippen LogP) is -0.543. The molecule has 9 heteroatoms. The van der Waals surface area contributed by atoms with E-state index < -0.39 is 0 Å². The van der Waals surface area contributed by atoms with Crippen LogP contribution >= 0.6 is 0 Å². The number of hydrogen-bond donors (Lipinski definition) is 0. The second kappa shape index (κ2) is 24.2. The van der Waals surface area contributed by atoms with Crippen LogP contribution in [0.5, 0.6) is 0 Å². The molecule has 0 heterocycles. The van der Waals surface area contributed by atoms with Crippen LogP contribution in [-0.4, -0.2) is 45.7 Å². The third kappa shape index (κ3) is 69.6. The van der Waals surface area contributed by atoms with Crippen LogP contribution in [0.2, 0.25) is 0 Å². The Hall–Kier alpha value is -1.09. The van der Waals surface area contributed by atoms with E-state index in [1.54, 1.807) is 0 Å². The van der Waals surface area contributed by atoms with Crippen LogP contribution in [0.25, 0.3) is 0 Å². The van der Waals surface area contributed by atoms with Crippen LogP contribution in [0.1, 0.15) is 41.5 Å². The zero-order chi connectivity index (χ0) is 17.6. The Morgan fingerprint density at radius 2 is 0.500 bits per heavy atom. The van der Waals surface area contributed by atoms with Crippen molar-refractivity contribution in [3.63, 3.8) is 0 Å². The van der Waals surface area contributed by atoms with Crippen LogP contribution in [0.15, 0.2) is 0 Å².